The Bertz CT molecular complexity index is 994. The first kappa shape index (κ1) is 21.9. The number of nitrogens with zero attached hydrogens (tertiary/aromatic N) is 4. The number of guanidine groups is 1. The van der Waals surface area contributed by atoms with Gasteiger partial charge in [0.1, 0.15) is 5.75 Å². The molecule has 1 saturated heterocycles. The van der Waals surface area contributed by atoms with Crippen LogP contribution in [0.25, 0.3) is 5.69 Å². The SMILES string of the molecule is CN=C(NCc1ccc(-n2cccn2)cc1)NCC(c1cccc(OC)c1)N1CCCC1. The average molecular weight is 433 g/mol. The van der Waals surface area contributed by atoms with E-state index in [1.165, 1.54) is 24.0 Å². The molecule has 1 aliphatic rings. The monoisotopic (exact) mass is 432 g/mol. The molecule has 0 radical (unpaired) electrons. The molecular formula is C25H32N6O. The number of aliphatic imine (C=N–C) groups is 1. The van der Waals surface area contributed by atoms with Crippen LogP contribution in [0.5, 0.6) is 5.75 Å². The summed E-state index contributed by atoms with van der Waals surface area (Å²) in [6.07, 6.45) is 6.23. The molecule has 2 heterocycles. The van der Waals surface area contributed by atoms with Gasteiger partial charge in [0, 0.05) is 32.5 Å². The summed E-state index contributed by atoms with van der Waals surface area (Å²) < 4.78 is 7.31. The third-order valence-electron chi connectivity index (χ3n) is 5.91. The molecule has 1 fully saturated rings. The van der Waals surface area contributed by atoms with Crippen LogP contribution in [0.3, 0.4) is 0 Å². The van der Waals surface area contributed by atoms with Crippen LogP contribution in [0.1, 0.15) is 30.0 Å². The van der Waals surface area contributed by atoms with Gasteiger partial charge < -0.3 is 15.4 Å². The predicted molar refractivity (Wildman–Crippen MR) is 128 cm³/mol. The van der Waals surface area contributed by atoms with Crippen LogP contribution in [-0.4, -0.2) is 54.4 Å². The Morgan fingerprint density at radius 2 is 1.91 bits per heavy atom. The summed E-state index contributed by atoms with van der Waals surface area (Å²) >= 11 is 0. The van der Waals surface area contributed by atoms with Gasteiger partial charge >= 0.3 is 0 Å². The topological polar surface area (TPSA) is 66.7 Å². The molecule has 7 nitrogen and oxygen atoms in total. The lowest BCUT2D eigenvalue weighted by atomic mass is 10.1. The van der Waals surface area contributed by atoms with Gasteiger partial charge in [0.25, 0.3) is 0 Å². The third-order valence-corrected chi connectivity index (χ3v) is 5.91. The van der Waals surface area contributed by atoms with Crippen LogP contribution in [-0.2, 0) is 6.54 Å². The lowest BCUT2D eigenvalue weighted by Crippen LogP contribution is -2.42. The molecular weight excluding hydrogens is 400 g/mol. The standard InChI is InChI=1S/C25H32N6O/c1-26-25(27-18-20-9-11-22(12-10-20)31-16-6-13-29-31)28-19-24(30-14-3-4-15-30)21-7-5-8-23(17-21)32-2/h5-13,16-17,24H,3-4,14-15,18-19H2,1-2H3,(H2,26,27,28). The van der Waals surface area contributed by atoms with Crippen LogP contribution >= 0.6 is 0 Å². The average Bonchev–Trinajstić information content (AvgIpc) is 3.57. The van der Waals surface area contributed by atoms with E-state index in [9.17, 15) is 0 Å². The molecule has 0 bridgehead atoms. The second-order valence-electron chi connectivity index (χ2n) is 7.96. The summed E-state index contributed by atoms with van der Waals surface area (Å²) in [6.45, 7) is 3.73. The maximum Gasteiger partial charge on any atom is 0.191 e. The molecule has 0 aliphatic carbocycles. The van der Waals surface area contributed by atoms with Crippen molar-refractivity contribution in [1.82, 2.24) is 25.3 Å². The lowest BCUT2D eigenvalue weighted by Gasteiger charge is -2.29. The van der Waals surface area contributed by atoms with Gasteiger partial charge in [0.15, 0.2) is 5.96 Å². The summed E-state index contributed by atoms with van der Waals surface area (Å²) in [7, 11) is 3.53. The van der Waals surface area contributed by atoms with Crippen molar-refractivity contribution < 1.29 is 4.74 Å². The first-order chi connectivity index (χ1) is 15.8. The fourth-order valence-corrected chi connectivity index (χ4v) is 4.15. The van der Waals surface area contributed by atoms with Gasteiger partial charge in [0.2, 0.25) is 0 Å². The van der Waals surface area contributed by atoms with E-state index < -0.39 is 0 Å². The summed E-state index contributed by atoms with van der Waals surface area (Å²) in [5.74, 6) is 1.70. The number of rotatable bonds is 8. The fraction of sp³-hybridized carbons (Fsp3) is 0.360. The minimum Gasteiger partial charge on any atom is -0.497 e. The molecule has 7 heteroatoms. The molecule has 0 saturated carbocycles. The highest BCUT2D eigenvalue weighted by Gasteiger charge is 2.24. The molecule has 1 atom stereocenters. The minimum absolute atomic E-state index is 0.277. The normalized spacial score (nSPS) is 15.5. The first-order valence-electron chi connectivity index (χ1n) is 11.2. The number of hydrogen-bond acceptors (Lipinski definition) is 4. The predicted octanol–water partition coefficient (Wildman–Crippen LogP) is 3.38. The van der Waals surface area contributed by atoms with E-state index in [1.807, 2.05) is 30.1 Å². The molecule has 4 rings (SSSR count). The summed E-state index contributed by atoms with van der Waals surface area (Å²) in [6, 6.07) is 19.0. The highest BCUT2D eigenvalue weighted by Crippen LogP contribution is 2.27. The molecule has 1 aromatic heterocycles. The van der Waals surface area contributed by atoms with Crippen molar-refractivity contribution in [2.45, 2.75) is 25.4 Å². The van der Waals surface area contributed by atoms with Gasteiger partial charge in [-0.2, -0.15) is 5.10 Å². The Hall–Kier alpha value is -3.32. The van der Waals surface area contributed by atoms with Crippen molar-refractivity contribution in [1.29, 1.82) is 0 Å². The zero-order valence-corrected chi connectivity index (χ0v) is 18.9. The minimum atomic E-state index is 0.277. The quantitative estimate of drug-likeness (QED) is 0.422. The molecule has 2 aromatic carbocycles. The van der Waals surface area contributed by atoms with Gasteiger partial charge in [-0.05, 0) is 67.4 Å². The van der Waals surface area contributed by atoms with E-state index in [1.54, 1.807) is 13.3 Å². The number of ether oxygens (including phenoxy) is 1. The van der Waals surface area contributed by atoms with E-state index in [2.05, 4.69) is 68.1 Å². The number of nitrogens with one attached hydrogen (secondary N) is 2. The Kier molecular flexibility index (Phi) is 7.40. The van der Waals surface area contributed by atoms with Crippen molar-refractivity contribution in [2.75, 3.05) is 33.8 Å². The van der Waals surface area contributed by atoms with Crippen molar-refractivity contribution in [3.63, 3.8) is 0 Å². The van der Waals surface area contributed by atoms with Crippen LogP contribution in [0.4, 0.5) is 0 Å². The zero-order valence-electron chi connectivity index (χ0n) is 18.9. The zero-order chi connectivity index (χ0) is 22.2. The number of methoxy groups -OCH3 is 1. The molecule has 0 amide bonds. The fourth-order valence-electron chi connectivity index (χ4n) is 4.15. The van der Waals surface area contributed by atoms with Crippen molar-refractivity contribution in [3.8, 4) is 11.4 Å². The van der Waals surface area contributed by atoms with E-state index in [-0.39, 0.29) is 6.04 Å². The summed E-state index contributed by atoms with van der Waals surface area (Å²) in [5, 5.41) is 11.2. The van der Waals surface area contributed by atoms with Crippen LogP contribution < -0.4 is 15.4 Å². The second kappa shape index (κ2) is 10.8. The third kappa shape index (κ3) is 5.48. The molecule has 2 N–H and O–H groups in total. The smallest absolute Gasteiger partial charge is 0.191 e. The Morgan fingerprint density at radius 3 is 2.59 bits per heavy atom. The number of aromatic nitrogens is 2. The van der Waals surface area contributed by atoms with Crippen molar-refractivity contribution in [3.05, 3.63) is 78.1 Å². The van der Waals surface area contributed by atoms with Gasteiger partial charge in [-0.1, -0.05) is 24.3 Å². The maximum atomic E-state index is 5.45. The number of benzene rings is 2. The van der Waals surface area contributed by atoms with E-state index >= 15 is 0 Å². The summed E-state index contributed by atoms with van der Waals surface area (Å²) in [4.78, 5) is 6.97. The highest BCUT2D eigenvalue weighted by molar-refractivity contribution is 5.79. The van der Waals surface area contributed by atoms with Crippen molar-refractivity contribution >= 4 is 5.96 Å². The Labute approximate surface area is 190 Å². The summed E-state index contributed by atoms with van der Waals surface area (Å²) in [5.41, 5.74) is 3.50. The second-order valence-corrected chi connectivity index (χ2v) is 7.96. The highest BCUT2D eigenvalue weighted by atomic mass is 16.5. The van der Waals surface area contributed by atoms with Gasteiger partial charge in [-0.15, -0.1) is 0 Å². The molecule has 1 aliphatic heterocycles. The largest absolute Gasteiger partial charge is 0.497 e. The molecule has 3 aromatic rings. The van der Waals surface area contributed by atoms with E-state index in [0.29, 0.717) is 6.54 Å². The van der Waals surface area contributed by atoms with Gasteiger partial charge in [-0.25, -0.2) is 4.68 Å². The first-order valence-corrected chi connectivity index (χ1v) is 11.2. The molecule has 0 spiro atoms. The van der Waals surface area contributed by atoms with Crippen LogP contribution in [0.2, 0.25) is 0 Å². The van der Waals surface area contributed by atoms with Gasteiger partial charge in [-0.3, -0.25) is 9.89 Å². The lowest BCUT2D eigenvalue weighted by molar-refractivity contribution is 0.245. The number of hydrogen-bond donors (Lipinski definition) is 2. The Morgan fingerprint density at radius 1 is 1.09 bits per heavy atom. The van der Waals surface area contributed by atoms with Crippen LogP contribution in [0.15, 0.2) is 72.0 Å². The molecule has 168 valence electrons. The van der Waals surface area contributed by atoms with E-state index in [0.717, 1.165) is 37.0 Å². The number of likely N-dealkylation sites (tertiary alicyclic amines) is 1. The molecule has 1 unspecified atom stereocenters. The van der Waals surface area contributed by atoms with Crippen molar-refractivity contribution in [2.24, 2.45) is 4.99 Å². The Balaban J connectivity index is 1.36. The maximum absolute atomic E-state index is 5.45. The van der Waals surface area contributed by atoms with E-state index in [4.69, 9.17) is 4.74 Å². The van der Waals surface area contributed by atoms with Crippen LogP contribution in [0, 0.1) is 0 Å². The molecule has 32 heavy (non-hydrogen) atoms. The van der Waals surface area contributed by atoms with Gasteiger partial charge in [0.05, 0.1) is 18.8 Å².